The third kappa shape index (κ3) is 1.43. The van der Waals surface area contributed by atoms with Crippen LogP contribution in [0.25, 0.3) is 0 Å². The lowest BCUT2D eigenvalue weighted by Crippen LogP contribution is -2.54. The number of allylic oxidation sites excluding steroid dienone is 2. The standard InChI is InChI=1S/C19H30O/c1-13-5-4-8-17(2)16(13)7-6-14-11-15-12-19(14,17)10-9-18(15,3)20/h5,14-16,20H,4,6-12H2,1-3H3/t14-,15-,16-,17-,18-,19+/m0/s1. The summed E-state index contributed by atoms with van der Waals surface area (Å²) in [6.45, 7) is 7.10. The molecule has 4 rings (SSSR count). The molecule has 0 aromatic carbocycles. The van der Waals surface area contributed by atoms with Crippen LogP contribution < -0.4 is 0 Å². The van der Waals surface area contributed by atoms with Gasteiger partial charge in [0.15, 0.2) is 0 Å². The number of hydrogen-bond acceptors (Lipinski definition) is 1. The van der Waals surface area contributed by atoms with Crippen molar-refractivity contribution in [3.05, 3.63) is 11.6 Å². The van der Waals surface area contributed by atoms with E-state index in [4.69, 9.17) is 0 Å². The summed E-state index contributed by atoms with van der Waals surface area (Å²) in [4.78, 5) is 0. The molecule has 112 valence electrons. The molecule has 4 aliphatic carbocycles. The zero-order valence-corrected chi connectivity index (χ0v) is 13.4. The number of fused-ring (bicyclic) bond motifs is 2. The summed E-state index contributed by atoms with van der Waals surface area (Å²) in [5.74, 6) is 2.30. The molecule has 0 aromatic rings. The molecule has 0 unspecified atom stereocenters. The molecule has 3 saturated carbocycles. The summed E-state index contributed by atoms with van der Waals surface area (Å²) in [6.07, 6.45) is 12.9. The van der Waals surface area contributed by atoms with Gasteiger partial charge in [0.1, 0.15) is 0 Å². The smallest absolute Gasteiger partial charge is 0.0648 e. The summed E-state index contributed by atoms with van der Waals surface area (Å²) < 4.78 is 0. The van der Waals surface area contributed by atoms with Crippen molar-refractivity contribution in [3.63, 3.8) is 0 Å². The summed E-state index contributed by atoms with van der Waals surface area (Å²) in [5.41, 5.74) is 2.36. The Labute approximate surface area is 123 Å². The van der Waals surface area contributed by atoms with Crippen molar-refractivity contribution >= 4 is 0 Å². The van der Waals surface area contributed by atoms with Crippen molar-refractivity contribution in [1.82, 2.24) is 0 Å². The fourth-order valence-electron chi connectivity index (χ4n) is 7.03. The quantitative estimate of drug-likeness (QED) is 0.635. The number of hydrogen-bond donors (Lipinski definition) is 1. The van der Waals surface area contributed by atoms with Crippen molar-refractivity contribution in [1.29, 1.82) is 0 Å². The molecule has 3 fully saturated rings. The minimum atomic E-state index is -0.381. The Balaban J connectivity index is 1.78. The largest absolute Gasteiger partial charge is 0.390 e. The Bertz CT molecular complexity index is 462. The van der Waals surface area contributed by atoms with Gasteiger partial charge in [-0.15, -0.1) is 0 Å². The summed E-state index contributed by atoms with van der Waals surface area (Å²) in [5, 5.41) is 10.7. The van der Waals surface area contributed by atoms with Gasteiger partial charge in [-0.1, -0.05) is 18.6 Å². The molecule has 0 saturated heterocycles. The summed E-state index contributed by atoms with van der Waals surface area (Å²) >= 11 is 0. The van der Waals surface area contributed by atoms with E-state index in [1.165, 1.54) is 44.9 Å². The highest BCUT2D eigenvalue weighted by Gasteiger charge is 2.66. The molecule has 1 heteroatoms. The Hall–Kier alpha value is -0.300. The van der Waals surface area contributed by atoms with Crippen LogP contribution in [0, 0.1) is 28.6 Å². The van der Waals surface area contributed by atoms with Crippen LogP contribution in [0.1, 0.15) is 72.1 Å². The first-order valence-corrected chi connectivity index (χ1v) is 8.78. The van der Waals surface area contributed by atoms with Gasteiger partial charge >= 0.3 is 0 Å². The van der Waals surface area contributed by atoms with Crippen LogP contribution in [0.3, 0.4) is 0 Å². The van der Waals surface area contributed by atoms with Gasteiger partial charge in [0.2, 0.25) is 0 Å². The zero-order valence-electron chi connectivity index (χ0n) is 13.4. The zero-order chi connectivity index (χ0) is 14.2. The van der Waals surface area contributed by atoms with E-state index in [0.29, 0.717) is 16.7 Å². The van der Waals surface area contributed by atoms with E-state index >= 15 is 0 Å². The molecule has 1 spiro atoms. The Kier molecular flexibility index (Phi) is 2.61. The first kappa shape index (κ1) is 13.4. The monoisotopic (exact) mass is 274 g/mol. The van der Waals surface area contributed by atoms with Gasteiger partial charge in [0, 0.05) is 0 Å². The fraction of sp³-hybridized carbons (Fsp3) is 0.895. The second kappa shape index (κ2) is 3.91. The molecule has 2 bridgehead atoms. The molecule has 1 N–H and O–H groups in total. The second-order valence-corrected chi connectivity index (χ2v) is 8.88. The van der Waals surface area contributed by atoms with Crippen molar-refractivity contribution in [2.45, 2.75) is 77.7 Å². The highest BCUT2D eigenvalue weighted by atomic mass is 16.3. The minimum Gasteiger partial charge on any atom is -0.390 e. The van der Waals surface area contributed by atoms with E-state index in [1.807, 2.05) is 0 Å². The molecule has 0 amide bonds. The lowest BCUT2D eigenvalue weighted by atomic mass is 9.43. The maximum atomic E-state index is 10.7. The molecular formula is C19H30O. The predicted molar refractivity (Wildman–Crippen MR) is 82.3 cm³/mol. The van der Waals surface area contributed by atoms with E-state index < -0.39 is 0 Å². The molecule has 0 aliphatic heterocycles. The van der Waals surface area contributed by atoms with E-state index in [2.05, 4.69) is 26.8 Å². The molecule has 20 heavy (non-hydrogen) atoms. The van der Waals surface area contributed by atoms with E-state index in [-0.39, 0.29) is 5.60 Å². The predicted octanol–water partition coefficient (Wildman–Crippen LogP) is 4.70. The van der Waals surface area contributed by atoms with E-state index in [1.54, 1.807) is 5.57 Å². The van der Waals surface area contributed by atoms with Crippen LogP contribution in [0.15, 0.2) is 11.6 Å². The second-order valence-electron chi connectivity index (χ2n) is 8.88. The maximum Gasteiger partial charge on any atom is 0.0648 e. The lowest BCUT2D eigenvalue weighted by molar-refractivity contribution is -0.122. The third-order valence-electron chi connectivity index (χ3n) is 8.31. The van der Waals surface area contributed by atoms with E-state index in [9.17, 15) is 5.11 Å². The van der Waals surface area contributed by atoms with Crippen LogP contribution in [0.5, 0.6) is 0 Å². The normalized spacial score (nSPS) is 57.8. The third-order valence-corrected chi connectivity index (χ3v) is 8.31. The van der Waals surface area contributed by atoms with Gasteiger partial charge in [-0.3, -0.25) is 0 Å². The van der Waals surface area contributed by atoms with Gasteiger partial charge in [0.25, 0.3) is 0 Å². The lowest BCUT2D eigenvalue weighted by Gasteiger charge is -2.61. The Morgan fingerprint density at radius 2 is 1.90 bits per heavy atom. The van der Waals surface area contributed by atoms with Gasteiger partial charge in [-0.05, 0) is 93.8 Å². The van der Waals surface area contributed by atoms with Crippen molar-refractivity contribution in [2.75, 3.05) is 0 Å². The topological polar surface area (TPSA) is 20.2 Å². The Morgan fingerprint density at radius 3 is 2.70 bits per heavy atom. The molecule has 0 radical (unpaired) electrons. The number of aliphatic hydroxyl groups is 1. The molecular weight excluding hydrogens is 244 g/mol. The average molecular weight is 274 g/mol. The van der Waals surface area contributed by atoms with Crippen molar-refractivity contribution in [2.24, 2.45) is 28.6 Å². The molecule has 1 nitrogen and oxygen atoms in total. The highest BCUT2D eigenvalue weighted by molar-refractivity contribution is 5.23. The minimum absolute atomic E-state index is 0.381. The molecule has 6 atom stereocenters. The summed E-state index contributed by atoms with van der Waals surface area (Å²) in [7, 11) is 0. The maximum absolute atomic E-state index is 10.7. The van der Waals surface area contributed by atoms with Crippen LogP contribution >= 0.6 is 0 Å². The van der Waals surface area contributed by atoms with Gasteiger partial charge in [-0.25, -0.2) is 0 Å². The average Bonchev–Trinajstić information content (AvgIpc) is 2.73. The van der Waals surface area contributed by atoms with Gasteiger partial charge in [-0.2, -0.15) is 0 Å². The van der Waals surface area contributed by atoms with Crippen molar-refractivity contribution in [3.8, 4) is 0 Å². The number of rotatable bonds is 0. The SMILES string of the molecule is CC1=CCC[C@@]2(C)[C@H]1CC[C@H]1C[C@H]3C[C@]12CC[C@]3(C)O. The van der Waals surface area contributed by atoms with Crippen LogP contribution in [-0.4, -0.2) is 10.7 Å². The molecule has 0 aromatic heterocycles. The molecule has 0 heterocycles. The first-order chi connectivity index (χ1) is 9.39. The van der Waals surface area contributed by atoms with Crippen molar-refractivity contribution < 1.29 is 5.11 Å². The highest BCUT2D eigenvalue weighted by Crippen LogP contribution is 2.73. The van der Waals surface area contributed by atoms with Gasteiger partial charge in [0.05, 0.1) is 5.60 Å². The fourth-order valence-corrected chi connectivity index (χ4v) is 7.03. The Morgan fingerprint density at radius 1 is 1.10 bits per heavy atom. The van der Waals surface area contributed by atoms with Crippen LogP contribution in [0.4, 0.5) is 0 Å². The van der Waals surface area contributed by atoms with Crippen LogP contribution in [0.2, 0.25) is 0 Å². The van der Waals surface area contributed by atoms with Crippen LogP contribution in [-0.2, 0) is 0 Å². The summed E-state index contributed by atoms with van der Waals surface area (Å²) in [6, 6.07) is 0. The van der Waals surface area contributed by atoms with Gasteiger partial charge < -0.3 is 5.11 Å². The first-order valence-electron chi connectivity index (χ1n) is 8.78. The van der Waals surface area contributed by atoms with E-state index in [0.717, 1.165) is 18.3 Å². The molecule has 4 aliphatic rings.